The molecular formula is C20H18N2O3. The summed E-state index contributed by atoms with van der Waals surface area (Å²) in [5.41, 5.74) is 2.90. The first-order valence-electron chi connectivity index (χ1n) is 7.75. The lowest BCUT2D eigenvalue weighted by Gasteiger charge is -2.10. The first-order chi connectivity index (χ1) is 12.2. The minimum atomic E-state index is -0.243. The molecule has 0 bridgehead atoms. The van der Waals surface area contributed by atoms with Gasteiger partial charge in [0.25, 0.3) is 5.91 Å². The second kappa shape index (κ2) is 7.49. The molecule has 0 aliphatic heterocycles. The Hall–Kier alpha value is -3.34. The highest BCUT2D eigenvalue weighted by molar-refractivity contribution is 6.05. The van der Waals surface area contributed by atoms with Gasteiger partial charge in [-0.3, -0.25) is 9.78 Å². The molecule has 1 N–H and O–H groups in total. The summed E-state index contributed by atoms with van der Waals surface area (Å²) in [5.74, 6) is 1.14. The predicted octanol–water partition coefficient (Wildman–Crippen LogP) is 4.02. The second-order valence-corrected chi connectivity index (χ2v) is 5.35. The number of amides is 1. The SMILES string of the molecule is COc1ccc(-c2cncc(C(=O)Nc3ccccc3OC)c2)cc1. The number of aromatic nitrogens is 1. The number of pyridine rings is 1. The van der Waals surface area contributed by atoms with Crippen molar-refractivity contribution in [1.82, 2.24) is 4.98 Å². The smallest absolute Gasteiger partial charge is 0.257 e. The van der Waals surface area contributed by atoms with Crippen molar-refractivity contribution in [2.75, 3.05) is 19.5 Å². The van der Waals surface area contributed by atoms with E-state index in [1.165, 1.54) is 6.20 Å². The number of benzene rings is 2. The maximum atomic E-state index is 12.5. The van der Waals surface area contributed by atoms with Gasteiger partial charge in [-0.2, -0.15) is 0 Å². The van der Waals surface area contributed by atoms with Gasteiger partial charge in [0.05, 0.1) is 25.5 Å². The van der Waals surface area contributed by atoms with Gasteiger partial charge in [-0.05, 0) is 35.9 Å². The molecule has 3 aromatic rings. The molecule has 5 heteroatoms. The highest BCUT2D eigenvalue weighted by Gasteiger charge is 2.11. The van der Waals surface area contributed by atoms with E-state index in [-0.39, 0.29) is 5.91 Å². The van der Waals surface area contributed by atoms with Gasteiger partial charge in [0.1, 0.15) is 11.5 Å². The maximum absolute atomic E-state index is 12.5. The molecule has 3 rings (SSSR count). The molecule has 126 valence electrons. The fourth-order valence-corrected chi connectivity index (χ4v) is 2.45. The molecule has 1 amide bonds. The number of rotatable bonds is 5. The average Bonchev–Trinajstić information content (AvgIpc) is 2.68. The van der Waals surface area contributed by atoms with E-state index in [1.54, 1.807) is 38.6 Å². The van der Waals surface area contributed by atoms with Crippen molar-refractivity contribution < 1.29 is 14.3 Å². The van der Waals surface area contributed by atoms with Crippen LogP contribution >= 0.6 is 0 Å². The van der Waals surface area contributed by atoms with Crippen LogP contribution in [0.25, 0.3) is 11.1 Å². The molecule has 0 saturated heterocycles. The van der Waals surface area contributed by atoms with Gasteiger partial charge in [0.2, 0.25) is 0 Å². The van der Waals surface area contributed by atoms with E-state index in [4.69, 9.17) is 9.47 Å². The highest BCUT2D eigenvalue weighted by Crippen LogP contribution is 2.25. The van der Waals surface area contributed by atoms with E-state index >= 15 is 0 Å². The Bertz CT molecular complexity index is 876. The third-order valence-corrected chi connectivity index (χ3v) is 3.78. The van der Waals surface area contributed by atoms with Crippen LogP contribution in [0.4, 0.5) is 5.69 Å². The van der Waals surface area contributed by atoms with Crippen LogP contribution < -0.4 is 14.8 Å². The summed E-state index contributed by atoms with van der Waals surface area (Å²) in [4.78, 5) is 16.7. The summed E-state index contributed by atoms with van der Waals surface area (Å²) in [6.45, 7) is 0. The number of carbonyl (C=O) groups excluding carboxylic acids is 1. The third kappa shape index (κ3) is 3.77. The van der Waals surface area contributed by atoms with Crippen molar-refractivity contribution in [3.8, 4) is 22.6 Å². The van der Waals surface area contributed by atoms with Crippen molar-refractivity contribution in [3.05, 3.63) is 72.6 Å². The van der Waals surface area contributed by atoms with Crippen molar-refractivity contribution >= 4 is 11.6 Å². The molecule has 0 atom stereocenters. The summed E-state index contributed by atoms with van der Waals surface area (Å²) in [6, 6.07) is 16.7. The monoisotopic (exact) mass is 334 g/mol. The Labute approximate surface area is 146 Å². The number of nitrogens with one attached hydrogen (secondary N) is 1. The molecule has 0 radical (unpaired) electrons. The minimum absolute atomic E-state index is 0.243. The Kier molecular flexibility index (Phi) is 4.95. The first kappa shape index (κ1) is 16.5. The van der Waals surface area contributed by atoms with Gasteiger partial charge >= 0.3 is 0 Å². The van der Waals surface area contributed by atoms with Crippen LogP contribution in [-0.2, 0) is 0 Å². The van der Waals surface area contributed by atoms with Gasteiger partial charge in [-0.1, -0.05) is 24.3 Å². The van der Waals surface area contributed by atoms with Gasteiger partial charge in [-0.15, -0.1) is 0 Å². The van der Waals surface area contributed by atoms with Gasteiger partial charge < -0.3 is 14.8 Å². The fraction of sp³-hybridized carbons (Fsp3) is 0.100. The molecule has 0 aliphatic carbocycles. The van der Waals surface area contributed by atoms with E-state index in [0.717, 1.165) is 16.9 Å². The highest BCUT2D eigenvalue weighted by atomic mass is 16.5. The van der Waals surface area contributed by atoms with E-state index < -0.39 is 0 Å². The van der Waals surface area contributed by atoms with Crippen LogP contribution in [0, 0.1) is 0 Å². The maximum Gasteiger partial charge on any atom is 0.257 e. The number of para-hydroxylation sites is 2. The molecular weight excluding hydrogens is 316 g/mol. The molecule has 2 aromatic carbocycles. The van der Waals surface area contributed by atoms with Crippen molar-refractivity contribution in [1.29, 1.82) is 0 Å². The van der Waals surface area contributed by atoms with Crippen molar-refractivity contribution in [2.24, 2.45) is 0 Å². The van der Waals surface area contributed by atoms with Gasteiger partial charge in [-0.25, -0.2) is 0 Å². The average molecular weight is 334 g/mol. The van der Waals surface area contributed by atoms with Crippen LogP contribution in [0.2, 0.25) is 0 Å². The van der Waals surface area contributed by atoms with E-state index in [2.05, 4.69) is 10.3 Å². The number of nitrogens with zero attached hydrogens (tertiary/aromatic N) is 1. The van der Waals surface area contributed by atoms with Crippen LogP contribution in [0.15, 0.2) is 67.0 Å². The molecule has 0 unspecified atom stereocenters. The zero-order chi connectivity index (χ0) is 17.6. The van der Waals surface area contributed by atoms with Gasteiger partial charge in [0, 0.05) is 18.0 Å². The quantitative estimate of drug-likeness (QED) is 0.765. The molecule has 0 fully saturated rings. The summed E-state index contributed by atoms with van der Waals surface area (Å²) in [6.07, 6.45) is 3.26. The normalized spacial score (nSPS) is 10.2. The zero-order valence-electron chi connectivity index (χ0n) is 14.0. The lowest BCUT2D eigenvalue weighted by Crippen LogP contribution is -2.13. The fourth-order valence-electron chi connectivity index (χ4n) is 2.45. The number of ether oxygens (including phenoxy) is 2. The largest absolute Gasteiger partial charge is 0.497 e. The lowest BCUT2D eigenvalue weighted by atomic mass is 10.1. The molecule has 0 saturated carbocycles. The zero-order valence-corrected chi connectivity index (χ0v) is 14.0. The summed E-state index contributed by atoms with van der Waals surface area (Å²) < 4.78 is 10.4. The van der Waals surface area contributed by atoms with Crippen LogP contribution in [0.1, 0.15) is 10.4 Å². The summed E-state index contributed by atoms with van der Waals surface area (Å²) >= 11 is 0. The molecule has 0 spiro atoms. The Morgan fingerprint density at radius 1 is 0.920 bits per heavy atom. The van der Waals surface area contributed by atoms with Crippen LogP contribution in [0.5, 0.6) is 11.5 Å². The predicted molar refractivity (Wildman–Crippen MR) is 97.2 cm³/mol. The van der Waals surface area contributed by atoms with E-state index in [0.29, 0.717) is 17.0 Å². The standard InChI is InChI=1S/C20H18N2O3/c1-24-17-9-7-14(8-10-17)15-11-16(13-21-12-15)20(23)22-18-5-3-4-6-19(18)25-2/h3-13H,1-2H3,(H,22,23). The second-order valence-electron chi connectivity index (χ2n) is 5.35. The first-order valence-corrected chi connectivity index (χ1v) is 7.75. The number of hydrogen-bond acceptors (Lipinski definition) is 4. The Morgan fingerprint density at radius 2 is 1.68 bits per heavy atom. The van der Waals surface area contributed by atoms with E-state index in [9.17, 15) is 4.79 Å². The van der Waals surface area contributed by atoms with Crippen molar-refractivity contribution in [3.63, 3.8) is 0 Å². The number of methoxy groups -OCH3 is 2. The minimum Gasteiger partial charge on any atom is -0.497 e. The van der Waals surface area contributed by atoms with Crippen LogP contribution in [0.3, 0.4) is 0 Å². The molecule has 25 heavy (non-hydrogen) atoms. The molecule has 0 aliphatic rings. The molecule has 1 heterocycles. The Balaban J connectivity index is 1.84. The number of anilines is 1. The number of carbonyl (C=O) groups is 1. The molecule has 5 nitrogen and oxygen atoms in total. The number of hydrogen-bond donors (Lipinski definition) is 1. The lowest BCUT2D eigenvalue weighted by molar-refractivity contribution is 0.102. The molecule has 1 aromatic heterocycles. The topological polar surface area (TPSA) is 60.5 Å². The summed E-state index contributed by atoms with van der Waals surface area (Å²) in [5, 5.41) is 2.85. The Morgan fingerprint density at radius 3 is 2.40 bits per heavy atom. The van der Waals surface area contributed by atoms with Gasteiger partial charge in [0.15, 0.2) is 0 Å². The summed E-state index contributed by atoms with van der Waals surface area (Å²) in [7, 11) is 3.19. The van der Waals surface area contributed by atoms with E-state index in [1.807, 2.05) is 36.4 Å². The van der Waals surface area contributed by atoms with Crippen LogP contribution in [-0.4, -0.2) is 25.1 Å². The van der Waals surface area contributed by atoms with Crippen molar-refractivity contribution in [2.45, 2.75) is 0 Å². The third-order valence-electron chi connectivity index (χ3n) is 3.78.